The predicted octanol–water partition coefficient (Wildman–Crippen LogP) is 1.01. The summed E-state index contributed by atoms with van der Waals surface area (Å²) < 4.78 is 11.0. The van der Waals surface area contributed by atoms with Crippen molar-refractivity contribution in [2.75, 3.05) is 11.8 Å². The van der Waals surface area contributed by atoms with E-state index in [2.05, 4.69) is 0 Å². The molecule has 0 radical (unpaired) electrons. The first-order valence-electron chi connectivity index (χ1n) is 4.21. The predicted molar refractivity (Wildman–Crippen MR) is 63.3 cm³/mol. The molecule has 0 aliphatic heterocycles. The third-order valence-electron chi connectivity index (χ3n) is 1.47. The van der Waals surface area contributed by atoms with Crippen molar-refractivity contribution < 1.29 is 15.0 Å². The molecule has 0 fully saturated rings. The van der Waals surface area contributed by atoms with E-state index >= 15 is 0 Å². The summed E-state index contributed by atoms with van der Waals surface area (Å²) in [5, 5.41) is 1.82. The van der Waals surface area contributed by atoms with Crippen molar-refractivity contribution in [1.82, 2.24) is 0 Å². The number of rotatable bonds is 5. The van der Waals surface area contributed by atoms with Crippen LogP contribution in [0.1, 0.15) is 0 Å². The van der Waals surface area contributed by atoms with Gasteiger partial charge in [0.05, 0.1) is 0 Å². The summed E-state index contributed by atoms with van der Waals surface area (Å²) in [6.07, 6.45) is 0. The van der Waals surface area contributed by atoms with Crippen LogP contribution in [0.3, 0.4) is 0 Å². The summed E-state index contributed by atoms with van der Waals surface area (Å²) in [5.74, 6) is -1.63. The Hall–Kier alpha value is 0.142. The molecule has 1 aromatic heterocycles. The zero-order valence-electron chi connectivity index (χ0n) is 8.02. The summed E-state index contributed by atoms with van der Waals surface area (Å²) >= 11 is 8.62. The van der Waals surface area contributed by atoms with E-state index in [1.165, 1.54) is 11.3 Å². The molecular weight excluding hydrogens is 467 g/mol. The summed E-state index contributed by atoms with van der Waals surface area (Å²) in [5.41, 5.74) is 0. The van der Waals surface area contributed by atoms with Crippen molar-refractivity contribution in [3.8, 4) is 0 Å². The molecule has 0 unspecified atom stereocenters. The average Bonchev–Trinajstić information content (AvgIpc) is 2.81. The first-order valence-corrected chi connectivity index (χ1v) is 12.1. The molecule has 0 atom stereocenters. The molecule has 0 amide bonds. The van der Waals surface area contributed by atoms with Gasteiger partial charge in [-0.15, -0.1) is 0 Å². The van der Waals surface area contributed by atoms with Crippen LogP contribution >= 0.6 is 34.5 Å². The first kappa shape index (κ1) is 14.2. The molecule has 1 aromatic rings. The number of halogens is 2. The maximum atomic E-state index is 11.1. The standard InChI is InChI=1S/C4H3S.2C2H3ClO2.Tl/c1-2-4-5-3-1;2*3-1-2(4)5;/h1-3H;2*1H2,(H,4,5);/q;;;+2/p-2. The van der Waals surface area contributed by atoms with Crippen molar-refractivity contribution >= 4 is 72.5 Å². The number of alkyl halides is 2. The fourth-order valence-corrected chi connectivity index (χ4v) is 10.1. The quantitative estimate of drug-likeness (QED) is 0.472. The number of hydrogen-bond acceptors (Lipinski definition) is 5. The number of carbonyl (C=O) groups is 2. The molecule has 16 heavy (non-hydrogen) atoms. The molecule has 0 aliphatic rings. The summed E-state index contributed by atoms with van der Waals surface area (Å²) in [4.78, 5) is 22.1. The fourth-order valence-electron chi connectivity index (χ4n) is 0.867. The van der Waals surface area contributed by atoms with Gasteiger partial charge in [0.2, 0.25) is 0 Å². The SMILES string of the molecule is O=C(CCl)[O][Tl]([O]C(=O)CCl)[c]1cccs1. The molecule has 8 heteroatoms. The van der Waals surface area contributed by atoms with E-state index in [0.29, 0.717) is 0 Å². The van der Waals surface area contributed by atoms with Crippen molar-refractivity contribution in [3.63, 3.8) is 0 Å². The minimum absolute atomic E-state index is 0.250. The Kier molecular flexibility index (Phi) is 6.63. The van der Waals surface area contributed by atoms with Crippen LogP contribution in [0.2, 0.25) is 0 Å². The Balaban J connectivity index is 2.69. The van der Waals surface area contributed by atoms with Crippen LogP contribution in [0.4, 0.5) is 0 Å². The monoisotopic (exact) mass is 474 g/mol. The van der Waals surface area contributed by atoms with Crippen LogP contribution in [0, 0.1) is 0 Å². The Bertz CT molecular complexity index is 339. The second-order valence-corrected chi connectivity index (χ2v) is 12.6. The summed E-state index contributed by atoms with van der Waals surface area (Å²) in [6.45, 7) is 0. The van der Waals surface area contributed by atoms with Gasteiger partial charge in [-0.25, -0.2) is 0 Å². The van der Waals surface area contributed by atoms with Gasteiger partial charge in [0, 0.05) is 0 Å². The molecular formula is C8H7Cl2O4STl. The molecule has 1 heterocycles. The number of hydrogen-bond donors (Lipinski definition) is 0. The van der Waals surface area contributed by atoms with E-state index in [-0.39, 0.29) is 11.8 Å². The van der Waals surface area contributed by atoms with E-state index in [0.717, 1.165) is 2.44 Å². The van der Waals surface area contributed by atoms with Crippen molar-refractivity contribution in [3.05, 3.63) is 17.5 Å². The fraction of sp³-hybridized carbons (Fsp3) is 0.250. The molecule has 0 bridgehead atoms. The van der Waals surface area contributed by atoms with E-state index in [4.69, 9.17) is 28.6 Å². The van der Waals surface area contributed by atoms with Gasteiger partial charge in [-0.2, -0.15) is 0 Å². The van der Waals surface area contributed by atoms with Crippen molar-refractivity contribution in [2.24, 2.45) is 0 Å². The van der Waals surface area contributed by atoms with Crippen LogP contribution in [-0.4, -0.2) is 47.3 Å². The van der Waals surface area contributed by atoms with Gasteiger partial charge in [-0.05, 0) is 0 Å². The third-order valence-corrected chi connectivity index (χ3v) is 12.1. The molecule has 0 aromatic carbocycles. The van der Waals surface area contributed by atoms with E-state index in [1.54, 1.807) is 12.1 Å². The molecule has 1 rings (SSSR count). The summed E-state index contributed by atoms with van der Waals surface area (Å²) in [6, 6.07) is 3.58. The van der Waals surface area contributed by atoms with Crippen molar-refractivity contribution in [2.45, 2.75) is 0 Å². The molecule has 0 saturated carbocycles. The average molecular weight is 474 g/mol. The van der Waals surface area contributed by atoms with Crippen LogP contribution in [0.15, 0.2) is 17.5 Å². The van der Waals surface area contributed by atoms with Crippen LogP contribution in [-0.2, 0) is 15.0 Å². The number of thiophene rings is 1. The second-order valence-electron chi connectivity index (χ2n) is 2.59. The zero-order chi connectivity index (χ0) is 12.0. The summed E-state index contributed by atoms with van der Waals surface area (Å²) in [7, 11) is 0. The van der Waals surface area contributed by atoms with Gasteiger partial charge >= 0.3 is 117 Å². The Morgan fingerprint density at radius 2 is 1.81 bits per heavy atom. The van der Waals surface area contributed by atoms with Gasteiger partial charge in [-0.1, -0.05) is 0 Å². The van der Waals surface area contributed by atoms with Gasteiger partial charge in [-0.3, -0.25) is 0 Å². The third kappa shape index (κ3) is 4.56. The Labute approximate surface area is 116 Å². The molecule has 0 spiro atoms. The normalized spacial score (nSPS) is 9.62. The molecule has 86 valence electrons. The van der Waals surface area contributed by atoms with Crippen LogP contribution < -0.4 is 2.44 Å². The Morgan fingerprint density at radius 3 is 2.19 bits per heavy atom. The minimum atomic E-state index is -3.43. The van der Waals surface area contributed by atoms with Gasteiger partial charge < -0.3 is 0 Å². The van der Waals surface area contributed by atoms with E-state index in [1.807, 2.05) is 5.38 Å². The molecule has 0 aliphatic carbocycles. The van der Waals surface area contributed by atoms with Gasteiger partial charge in [0.15, 0.2) is 0 Å². The van der Waals surface area contributed by atoms with E-state index in [9.17, 15) is 9.59 Å². The van der Waals surface area contributed by atoms with Crippen molar-refractivity contribution in [1.29, 1.82) is 0 Å². The Morgan fingerprint density at radius 1 is 1.25 bits per heavy atom. The molecule has 0 N–H and O–H groups in total. The van der Waals surface area contributed by atoms with Gasteiger partial charge in [0.1, 0.15) is 0 Å². The number of carbonyl (C=O) groups excluding carboxylic acids is 2. The first-order chi connectivity index (χ1) is 7.67. The molecule has 4 nitrogen and oxygen atoms in total. The van der Waals surface area contributed by atoms with E-state index < -0.39 is 35.5 Å². The topological polar surface area (TPSA) is 52.6 Å². The molecule has 0 saturated heterocycles. The van der Waals surface area contributed by atoms with Gasteiger partial charge in [0.25, 0.3) is 0 Å². The van der Waals surface area contributed by atoms with Crippen LogP contribution in [0.25, 0.3) is 0 Å². The second kappa shape index (κ2) is 7.46. The van der Waals surface area contributed by atoms with Crippen LogP contribution in [0.5, 0.6) is 0 Å². The maximum absolute atomic E-state index is 11.1. The zero-order valence-corrected chi connectivity index (χ0v) is 14.8.